The molecule has 0 heterocycles. The summed E-state index contributed by atoms with van der Waals surface area (Å²) in [6.45, 7) is 0. The molecule has 0 spiro atoms. The van der Waals surface area contributed by atoms with Crippen molar-refractivity contribution in [1.29, 1.82) is 0 Å². The minimum absolute atomic E-state index is 1.12. The molecule has 0 unspecified atom stereocenters. The Morgan fingerprint density at radius 1 is 0.277 bits per heavy atom. The van der Waals surface area contributed by atoms with Gasteiger partial charge in [0.15, 0.2) is 0 Å². The van der Waals surface area contributed by atoms with Gasteiger partial charge in [0.2, 0.25) is 0 Å². The first-order chi connectivity index (χ1) is 23.3. The predicted octanol–water partition coefficient (Wildman–Crippen LogP) is 13.1. The van der Waals surface area contributed by atoms with Crippen LogP contribution in [0.25, 0.3) is 65.3 Å². The summed E-state index contributed by atoms with van der Waals surface area (Å²) in [7, 11) is 0. The predicted molar refractivity (Wildman–Crippen MR) is 202 cm³/mol. The molecule has 0 aliphatic heterocycles. The largest absolute Gasteiger partial charge is 0.309 e. The number of rotatable bonds is 5. The van der Waals surface area contributed by atoms with Crippen molar-refractivity contribution in [3.8, 4) is 22.3 Å². The van der Waals surface area contributed by atoms with Crippen molar-refractivity contribution in [3.63, 3.8) is 0 Å². The number of nitrogens with zero attached hydrogens (tertiary/aromatic N) is 1. The van der Waals surface area contributed by atoms with Gasteiger partial charge >= 0.3 is 0 Å². The summed E-state index contributed by atoms with van der Waals surface area (Å²) < 4.78 is 0. The second kappa shape index (κ2) is 11.3. The minimum Gasteiger partial charge on any atom is -0.309 e. The fourth-order valence-electron chi connectivity index (χ4n) is 7.17. The fourth-order valence-corrected chi connectivity index (χ4v) is 7.17. The summed E-state index contributed by atoms with van der Waals surface area (Å²) in [5.41, 5.74) is 8.25. The van der Waals surface area contributed by atoms with Crippen LogP contribution >= 0.6 is 0 Å². The molecular weight excluding hydrogens is 567 g/mol. The summed E-state index contributed by atoms with van der Waals surface area (Å²) in [5.74, 6) is 0. The standard InChI is InChI=1S/C46H31N/c1-2-13-32(14-3-1)35-19-12-20-38(29-35)45-43-23-10-8-21-41(43)42-22-9-11-24-44(42)46(45)47(39-27-25-33-15-4-6-17-36(33)30-39)40-28-26-34-16-5-7-18-37(34)31-40/h1-31H. The summed E-state index contributed by atoms with van der Waals surface area (Å²) in [6, 6.07) is 68.4. The number of anilines is 3. The summed E-state index contributed by atoms with van der Waals surface area (Å²) in [6.07, 6.45) is 0. The van der Waals surface area contributed by atoms with Crippen LogP contribution in [-0.2, 0) is 0 Å². The van der Waals surface area contributed by atoms with Gasteiger partial charge in [0, 0.05) is 22.3 Å². The zero-order valence-electron chi connectivity index (χ0n) is 25.8. The van der Waals surface area contributed by atoms with Crippen molar-refractivity contribution >= 4 is 60.2 Å². The highest BCUT2D eigenvalue weighted by Gasteiger charge is 2.24. The average Bonchev–Trinajstić information content (AvgIpc) is 3.15. The SMILES string of the molecule is c1ccc(-c2cccc(-c3c(N(c4ccc5ccccc5c4)c4ccc5ccccc5c4)c4ccccc4c4ccccc34)c2)cc1. The van der Waals surface area contributed by atoms with Crippen molar-refractivity contribution in [2.45, 2.75) is 0 Å². The Bertz CT molecular complexity index is 2500. The monoisotopic (exact) mass is 597 g/mol. The highest BCUT2D eigenvalue weighted by Crippen LogP contribution is 2.50. The van der Waals surface area contributed by atoms with Gasteiger partial charge in [-0.15, -0.1) is 0 Å². The van der Waals surface area contributed by atoms with Crippen LogP contribution in [0.2, 0.25) is 0 Å². The van der Waals surface area contributed by atoms with Crippen LogP contribution < -0.4 is 4.90 Å². The van der Waals surface area contributed by atoms with Gasteiger partial charge in [0.25, 0.3) is 0 Å². The molecule has 47 heavy (non-hydrogen) atoms. The zero-order valence-corrected chi connectivity index (χ0v) is 25.8. The molecule has 9 aromatic rings. The average molecular weight is 598 g/mol. The maximum absolute atomic E-state index is 2.48. The molecular formula is C46H31N. The molecule has 1 nitrogen and oxygen atoms in total. The third-order valence-electron chi connectivity index (χ3n) is 9.37. The summed E-state index contributed by atoms with van der Waals surface area (Å²) >= 11 is 0. The highest BCUT2D eigenvalue weighted by molar-refractivity contribution is 6.22. The van der Waals surface area contributed by atoms with E-state index < -0.39 is 0 Å². The normalized spacial score (nSPS) is 11.4. The Hall–Kier alpha value is -6.18. The van der Waals surface area contributed by atoms with Crippen LogP contribution in [0.1, 0.15) is 0 Å². The van der Waals surface area contributed by atoms with E-state index >= 15 is 0 Å². The Morgan fingerprint density at radius 2 is 0.745 bits per heavy atom. The molecule has 9 rings (SSSR count). The smallest absolute Gasteiger partial charge is 0.0624 e. The molecule has 0 atom stereocenters. The van der Waals surface area contributed by atoms with Gasteiger partial charge in [-0.2, -0.15) is 0 Å². The van der Waals surface area contributed by atoms with E-state index in [1.807, 2.05) is 0 Å². The van der Waals surface area contributed by atoms with Crippen molar-refractivity contribution < 1.29 is 0 Å². The molecule has 0 aromatic heterocycles. The van der Waals surface area contributed by atoms with Crippen molar-refractivity contribution in [2.75, 3.05) is 4.90 Å². The van der Waals surface area contributed by atoms with Gasteiger partial charge in [-0.3, -0.25) is 0 Å². The van der Waals surface area contributed by atoms with E-state index in [1.54, 1.807) is 0 Å². The molecule has 220 valence electrons. The molecule has 0 N–H and O–H groups in total. The molecule has 0 amide bonds. The second-order valence-corrected chi connectivity index (χ2v) is 12.2. The summed E-state index contributed by atoms with van der Waals surface area (Å²) in [5, 5.41) is 9.84. The minimum atomic E-state index is 1.12. The molecule has 0 saturated heterocycles. The van der Waals surface area contributed by atoms with E-state index in [2.05, 4.69) is 193 Å². The lowest BCUT2D eigenvalue weighted by Crippen LogP contribution is -2.12. The van der Waals surface area contributed by atoms with Gasteiger partial charge in [0.1, 0.15) is 0 Å². The first-order valence-electron chi connectivity index (χ1n) is 16.2. The Morgan fingerprint density at radius 3 is 1.38 bits per heavy atom. The van der Waals surface area contributed by atoms with E-state index in [9.17, 15) is 0 Å². The zero-order chi connectivity index (χ0) is 31.2. The highest BCUT2D eigenvalue weighted by atomic mass is 15.1. The van der Waals surface area contributed by atoms with Crippen LogP contribution in [0.5, 0.6) is 0 Å². The van der Waals surface area contributed by atoms with Gasteiger partial charge < -0.3 is 4.90 Å². The number of fused-ring (bicyclic) bond motifs is 5. The number of hydrogen-bond donors (Lipinski definition) is 0. The molecule has 0 saturated carbocycles. The molecule has 9 aromatic carbocycles. The fraction of sp³-hybridized carbons (Fsp3) is 0. The number of benzene rings is 9. The second-order valence-electron chi connectivity index (χ2n) is 12.2. The Kier molecular flexibility index (Phi) is 6.54. The van der Waals surface area contributed by atoms with Crippen molar-refractivity contribution in [1.82, 2.24) is 0 Å². The lowest BCUT2D eigenvalue weighted by molar-refractivity contribution is 1.31. The summed E-state index contributed by atoms with van der Waals surface area (Å²) in [4.78, 5) is 2.48. The van der Waals surface area contributed by atoms with Crippen LogP contribution in [0.3, 0.4) is 0 Å². The van der Waals surface area contributed by atoms with Gasteiger partial charge in [-0.1, -0.05) is 158 Å². The Balaban J connectivity index is 1.43. The van der Waals surface area contributed by atoms with E-state index in [-0.39, 0.29) is 0 Å². The lowest BCUT2D eigenvalue weighted by atomic mass is 9.88. The molecule has 1 heteroatoms. The Labute approximate surface area is 274 Å². The van der Waals surface area contributed by atoms with Crippen LogP contribution in [0.4, 0.5) is 17.1 Å². The molecule has 0 radical (unpaired) electrons. The van der Waals surface area contributed by atoms with Crippen molar-refractivity contribution in [3.05, 3.63) is 188 Å². The third-order valence-corrected chi connectivity index (χ3v) is 9.37. The van der Waals surface area contributed by atoms with Gasteiger partial charge in [0.05, 0.1) is 5.69 Å². The first kappa shape index (κ1) is 27.2. The molecule has 0 bridgehead atoms. The van der Waals surface area contributed by atoms with Crippen LogP contribution in [0.15, 0.2) is 188 Å². The maximum atomic E-state index is 2.48. The lowest BCUT2D eigenvalue weighted by Gasteiger charge is -2.31. The maximum Gasteiger partial charge on any atom is 0.0624 e. The van der Waals surface area contributed by atoms with E-state index in [1.165, 1.54) is 71.0 Å². The van der Waals surface area contributed by atoms with Crippen LogP contribution in [-0.4, -0.2) is 0 Å². The van der Waals surface area contributed by atoms with Crippen LogP contribution in [0, 0.1) is 0 Å². The topological polar surface area (TPSA) is 3.24 Å². The van der Waals surface area contributed by atoms with Gasteiger partial charge in [-0.25, -0.2) is 0 Å². The number of hydrogen-bond acceptors (Lipinski definition) is 1. The van der Waals surface area contributed by atoms with E-state index in [0.29, 0.717) is 0 Å². The first-order valence-corrected chi connectivity index (χ1v) is 16.2. The van der Waals surface area contributed by atoms with Crippen molar-refractivity contribution in [2.24, 2.45) is 0 Å². The van der Waals surface area contributed by atoms with Gasteiger partial charge in [-0.05, 0) is 84.7 Å². The molecule has 0 fully saturated rings. The third kappa shape index (κ3) is 4.72. The quantitative estimate of drug-likeness (QED) is 0.178. The van der Waals surface area contributed by atoms with E-state index in [0.717, 1.165) is 11.4 Å². The molecule has 0 aliphatic carbocycles. The molecule has 0 aliphatic rings. The van der Waals surface area contributed by atoms with E-state index in [4.69, 9.17) is 0 Å².